The van der Waals surface area contributed by atoms with Gasteiger partial charge in [-0.05, 0) is 265 Å². The Morgan fingerprint density at radius 1 is 0.339 bits per heavy atom. The van der Waals surface area contributed by atoms with Crippen molar-refractivity contribution in [3.63, 3.8) is 0 Å². The SMILES string of the molecule is CCc1ncsc1CSc1cc(C)cc(O)c1.Cc1cc(O)cc(SCc2c(C)cncc2Cl)c1.Cc1cc(O)cc(SCc2c(C)noc2C)c1.Cc1cc(O)cc(SCc2c(Cl)ccc(Cl)c2Cl)c1.Cc1cc(O)cc(SCc2c(Cl)cncc2Cl)c1.Cc1cc(O)cc(SCc2c(Cl)cncc2Cl)c1.Cc1cc(O)cc(SCc2nn(C)cc2Cl)c1. The number of aryl methyl sites for hydroxylation is 12. The largest absolute Gasteiger partial charge is 0.508 e. The highest BCUT2D eigenvalue weighted by Gasteiger charge is 2.16. The van der Waals surface area contributed by atoms with E-state index >= 15 is 0 Å². The van der Waals surface area contributed by atoms with Crippen LogP contribution in [-0.4, -0.2) is 70.6 Å². The van der Waals surface area contributed by atoms with Gasteiger partial charge in [0.2, 0.25) is 0 Å². The zero-order valence-corrected chi connectivity index (χ0v) is 82.7. The molecule has 6 aromatic heterocycles. The monoisotopic (exact) mass is 1990 g/mol. The fourth-order valence-corrected chi connectivity index (χ4v) is 22.9. The van der Waals surface area contributed by atoms with Gasteiger partial charge in [0.15, 0.2) is 0 Å². The van der Waals surface area contributed by atoms with Crippen LogP contribution in [0.5, 0.6) is 40.2 Å². The summed E-state index contributed by atoms with van der Waals surface area (Å²) in [6, 6.07) is 42.1. The molecular formula is C92H90Cl9N7O8S8. The maximum absolute atomic E-state index is 9.56. The van der Waals surface area contributed by atoms with Crippen LogP contribution < -0.4 is 0 Å². The minimum Gasteiger partial charge on any atom is -0.508 e. The summed E-state index contributed by atoms with van der Waals surface area (Å²) >= 11 is 67.7. The maximum Gasteiger partial charge on any atom is 0.137 e. The van der Waals surface area contributed by atoms with Gasteiger partial charge in [0, 0.05) is 157 Å². The molecule has 0 spiro atoms. The number of aromatic nitrogens is 7. The van der Waals surface area contributed by atoms with E-state index in [1.54, 1.807) is 227 Å². The first-order valence-corrected chi connectivity index (χ1v) is 48.9. The molecule has 14 aromatic rings. The summed E-state index contributed by atoms with van der Waals surface area (Å²) in [5.41, 5.74) is 18.0. The molecule has 0 aliphatic carbocycles. The fraction of sp³-hybridized carbons (Fsp3) is 0.217. The first-order valence-electron chi connectivity index (χ1n) is 37.8. The highest BCUT2D eigenvalue weighted by molar-refractivity contribution is 8.00. The third-order valence-corrected chi connectivity index (χ3v) is 28.5. The number of halogens is 9. The van der Waals surface area contributed by atoms with Crippen molar-refractivity contribution >= 4 is 198 Å². The van der Waals surface area contributed by atoms with Crippen LogP contribution in [0.2, 0.25) is 45.2 Å². The number of phenols is 7. The molecule has 32 heteroatoms. The summed E-state index contributed by atoms with van der Waals surface area (Å²) in [6.07, 6.45) is 12.6. The maximum atomic E-state index is 9.56. The van der Waals surface area contributed by atoms with Crippen molar-refractivity contribution < 1.29 is 40.3 Å². The fourth-order valence-electron chi connectivity index (χ4n) is 11.4. The van der Waals surface area contributed by atoms with Crippen molar-refractivity contribution in [3.8, 4) is 40.2 Å². The Bertz CT molecular complexity index is 5440. The van der Waals surface area contributed by atoms with E-state index in [0.717, 1.165) is 147 Å². The molecule has 124 heavy (non-hydrogen) atoms. The van der Waals surface area contributed by atoms with Crippen LogP contribution in [0.4, 0.5) is 0 Å². The van der Waals surface area contributed by atoms with Gasteiger partial charge in [0.05, 0.1) is 62.8 Å². The second-order valence-electron chi connectivity index (χ2n) is 27.9. The zero-order valence-electron chi connectivity index (χ0n) is 69.4. The summed E-state index contributed by atoms with van der Waals surface area (Å²) in [5, 5.41) is 80.1. The molecule has 0 bridgehead atoms. The van der Waals surface area contributed by atoms with Crippen LogP contribution >= 0.6 is 198 Å². The number of pyridine rings is 3. The molecule has 14 rings (SSSR count). The molecule has 0 aliphatic rings. The van der Waals surface area contributed by atoms with Gasteiger partial charge >= 0.3 is 0 Å². The van der Waals surface area contributed by atoms with Crippen molar-refractivity contribution in [1.82, 2.24) is 34.9 Å². The van der Waals surface area contributed by atoms with E-state index in [-0.39, 0.29) is 17.2 Å². The molecule has 0 radical (unpaired) electrons. The summed E-state index contributed by atoms with van der Waals surface area (Å²) in [7, 11) is 1.85. The van der Waals surface area contributed by atoms with E-state index in [1.807, 2.05) is 118 Å². The minimum absolute atomic E-state index is 0.255. The Kier molecular flexibility index (Phi) is 42.2. The Balaban J connectivity index is 0.000000179. The molecule has 0 unspecified atom stereocenters. The molecule has 0 amide bonds. The molecule has 0 fully saturated rings. The molecule has 8 aromatic carbocycles. The third kappa shape index (κ3) is 34.5. The van der Waals surface area contributed by atoms with Crippen LogP contribution in [0, 0.1) is 69.2 Å². The van der Waals surface area contributed by atoms with Gasteiger partial charge in [-0.3, -0.25) is 19.6 Å². The van der Waals surface area contributed by atoms with Gasteiger partial charge < -0.3 is 40.3 Å². The topological polar surface area (TPSA) is 237 Å². The lowest BCUT2D eigenvalue weighted by Gasteiger charge is -2.09. The van der Waals surface area contributed by atoms with Gasteiger partial charge in [-0.1, -0.05) is 116 Å². The number of thiazole rings is 1. The number of hydrogen-bond donors (Lipinski definition) is 7. The third-order valence-electron chi connectivity index (χ3n) is 17.3. The lowest BCUT2D eigenvalue weighted by Crippen LogP contribution is -1.90. The Hall–Kier alpha value is -7.08. The number of benzene rings is 8. The molecule has 0 atom stereocenters. The zero-order chi connectivity index (χ0) is 90.4. The van der Waals surface area contributed by atoms with E-state index in [0.29, 0.717) is 91.2 Å². The van der Waals surface area contributed by atoms with Gasteiger partial charge in [-0.2, -0.15) is 5.10 Å². The predicted molar refractivity (Wildman–Crippen MR) is 526 cm³/mol. The van der Waals surface area contributed by atoms with Gasteiger partial charge in [0.25, 0.3) is 0 Å². The van der Waals surface area contributed by atoms with Crippen LogP contribution in [0.1, 0.15) is 107 Å². The van der Waals surface area contributed by atoms with E-state index < -0.39 is 0 Å². The Labute approximate surface area is 803 Å². The smallest absolute Gasteiger partial charge is 0.137 e. The molecule has 0 saturated carbocycles. The van der Waals surface area contributed by atoms with Crippen molar-refractivity contribution in [2.45, 2.75) is 157 Å². The van der Waals surface area contributed by atoms with Gasteiger partial charge in [-0.25, -0.2) is 4.98 Å². The standard InChI is InChI=1S/C14H11Cl3OS.C14H14ClNOS.2C13H11Cl2NOS.C13H15NO2S.C13H15NOS2.C12H13ClN2OS/c1-8-4-9(18)6-10(5-8)19-7-11-12(15)2-3-13(16)14(11)17;1-9-3-11(17)5-12(4-9)18-8-13-10(2)6-16-7-14(13)15;2*1-8-2-9(17)4-10(3-8)18-7-11-12(14)5-16-6-13(11)15;1-8-4-11(15)6-12(5-8)17-7-13-9(2)14-16-10(13)3;1-3-12-13(17-8-14-12)7-16-11-5-9(2)4-10(15)6-11;1-8-3-9(16)5-10(4-8)17-7-12-11(13)6-15(2)14-12/h2-6,18H,7H2,1H3;3-7,17H,8H2,1-2H3;2*2-6,17H,7H2,1H3;4-6,15H,7H2,1-3H3;4-6,8,15H,3,7H2,1-2H3;3-6,16H,7H2,1-2H3. The van der Waals surface area contributed by atoms with Crippen molar-refractivity contribution in [3.05, 3.63) is 334 Å². The average Bonchev–Trinajstić information content (AvgIpc) is 1.55. The number of nitrogens with zero attached hydrogens (tertiary/aromatic N) is 7. The number of phenolic OH excluding ortho intramolecular Hbond substituents is 7. The summed E-state index contributed by atoms with van der Waals surface area (Å²) < 4.78 is 6.82. The molecule has 0 saturated heterocycles. The van der Waals surface area contributed by atoms with Gasteiger partial charge in [0.1, 0.15) is 46.0 Å². The first-order chi connectivity index (χ1) is 58.9. The molecule has 7 N–H and O–H groups in total. The van der Waals surface area contributed by atoms with Crippen LogP contribution in [0.25, 0.3) is 0 Å². The van der Waals surface area contributed by atoms with Gasteiger partial charge in [-0.15, -0.1) is 93.7 Å². The van der Waals surface area contributed by atoms with Crippen LogP contribution in [-0.2, 0) is 53.7 Å². The normalized spacial score (nSPS) is 10.7. The molecular weight excluding hydrogens is 1910 g/mol. The number of rotatable bonds is 22. The lowest BCUT2D eigenvalue weighted by molar-refractivity contribution is 0.392. The first kappa shape index (κ1) is 102. The van der Waals surface area contributed by atoms with Crippen molar-refractivity contribution in [2.75, 3.05) is 0 Å². The Morgan fingerprint density at radius 2 is 0.645 bits per heavy atom. The van der Waals surface area contributed by atoms with Crippen LogP contribution in [0.3, 0.4) is 0 Å². The number of aromatic hydroxyl groups is 7. The van der Waals surface area contributed by atoms with Crippen molar-refractivity contribution in [2.24, 2.45) is 7.05 Å². The van der Waals surface area contributed by atoms with Crippen molar-refractivity contribution in [1.29, 1.82) is 0 Å². The van der Waals surface area contributed by atoms with E-state index in [9.17, 15) is 35.7 Å². The average molecular weight is 2000 g/mol. The minimum atomic E-state index is 0.255. The van der Waals surface area contributed by atoms with E-state index in [4.69, 9.17) is 109 Å². The van der Waals surface area contributed by atoms with E-state index in [2.05, 4.69) is 55.3 Å². The quantitative estimate of drug-likeness (QED) is 0.0247. The lowest BCUT2D eigenvalue weighted by atomic mass is 10.2. The Morgan fingerprint density at radius 3 is 0.960 bits per heavy atom. The number of thioether (sulfide) groups is 7. The second kappa shape index (κ2) is 51.2. The molecule has 0 aliphatic heterocycles. The summed E-state index contributed by atoms with van der Waals surface area (Å²) in [5.74, 6) is 7.99. The summed E-state index contributed by atoms with van der Waals surface area (Å²) in [6.45, 7) is 21.7. The number of hydrogen-bond acceptors (Lipinski definition) is 22. The predicted octanol–water partition coefficient (Wildman–Crippen LogP) is 30.7. The van der Waals surface area contributed by atoms with E-state index in [1.165, 1.54) is 10.6 Å². The second-order valence-corrected chi connectivity index (χ2v) is 39.8. The van der Waals surface area contributed by atoms with Crippen LogP contribution in [0.15, 0.2) is 227 Å². The highest BCUT2D eigenvalue weighted by Crippen LogP contribution is 2.41. The molecule has 6 heterocycles. The molecule has 652 valence electrons. The molecule has 15 nitrogen and oxygen atoms in total. The summed E-state index contributed by atoms with van der Waals surface area (Å²) in [4.78, 5) is 24.7. The highest BCUT2D eigenvalue weighted by atomic mass is 35.5.